The first kappa shape index (κ1) is 13.7. The first-order chi connectivity index (χ1) is 9.11. The van der Waals surface area contributed by atoms with Gasteiger partial charge in [-0.25, -0.2) is 4.79 Å². The van der Waals surface area contributed by atoms with E-state index in [1.807, 2.05) is 31.2 Å². The average Bonchev–Trinajstić information content (AvgIpc) is 2.85. The molecule has 0 aromatic heterocycles. The molecule has 0 saturated carbocycles. The van der Waals surface area contributed by atoms with E-state index in [4.69, 9.17) is 4.74 Å². The number of nitrogens with one attached hydrogen (secondary N) is 1. The van der Waals surface area contributed by atoms with Crippen molar-refractivity contribution in [2.45, 2.75) is 17.1 Å². The Morgan fingerprint density at radius 1 is 1.42 bits per heavy atom. The summed E-state index contributed by atoms with van der Waals surface area (Å²) in [5.41, 5.74) is 0. The van der Waals surface area contributed by atoms with Crippen LogP contribution in [-0.4, -0.2) is 42.3 Å². The molecule has 1 aromatic rings. The fraction of sp³-hybridized carbons (Fsp3) is 0.385. The molecule has 0 radical (unpaired) electrons. The number of imide groups is 1. The second kappa shape index (κ2) is 5.97. The first-order valence-corrected chi connectivity index (χ1v) is 6.89. The molecule has 6 heteroatoms. The SMILES string of the molecule is COc1ccc(S[C@H](C)C(=O)N2CCNC2=O)cc1. The van der Waals surface area contributed by atoms with Gasteiger partial charge in [0.2, 0.25) is 5.91 Å². The molecule has 1 N–H and O–H groups in total. The lowest BCUT2D eigenvalue weighted by Gasteiger charge is -2.17. The van der Waals surface area contributed by atoms with Crippen LogP contribution in [0.15, 0.2) is 29.2 Å². The minimum Gasteiger partial charge on any atom is -0.497 e. The first-order valence-electron chi connectivity index (χ1n) is 6.01. The highest BCUT2D eigenvalue weighted by Crippen LogP contribution is 2.26. The summed E-state index contributed by atoms with van der Waals surface area (Å²) in [6.45, 7) is 2.79. The fourth-order valence-electron chi connectivity index (χ4n) is 1.81. The number of amides is 3. The largest absolute Gasteiger partial charge is 0.497 e. The molecule has 1 aliphatic heterocycles. The number of carbonyl (C=O) groups is 2. The van der Waals surface area contributed by atoms with Gasteiger partial charge in [-0.3, -0.25) is 9.69 Å². The molecule has 0 spiro atoms. The molecule has 1 atom stereocenters. The molecule has 0 unspecified atom stereocenters. The Hall–Kier alpha value is -1.69. The molecule has 102 valence electrons. The molecule has 19 heavy (non-hydrogen) atoms. The molecule has 1 aromatic carbocycles. The summed E-state index contributed by atoms with van der Waals surface area (Å²) in [5.74, 6) is 0.623. The highest BCUT2D eigenvalue weighted by Gasteiger charge is 2.29. The third kappa shape index (κ3) is 3.20. The van der Waals surface area contributed by atoms with Crippen LogP contribution in [0.5, 0.6) is 5.75 Å². The van der Waals surface area contributed by atoms with E-state index in [-0.39, 0.29) is 17.2 Å². The second-order valence-corrected chi connectivity index (χ2v) is 5.57. The molecular weight excluding hydrogens is 264 g/mol. The zero-order valence-electron chi connectivity index (χ0n) is 10.9. The van der Waals surface area contributed by atoms with Crippen molar-refractivity contribution in [3.05, 3.63) is 24.3 Å². The summed E-state index contributed by atoms with van der Waals surface area (Å²) in [5, 5.41) is 2.33. The van der Waals surface area contributed by atoms with E-state index in [1.54, 1.807) is 7.11 Å². The Kier molecular flexibility index (Phi) is 4.31. The summed E-state index contributed by atoms with van der Waals surface area (Å²) in [7, 11) is 1.61. The van der Waals surface area contributed by atoms with Gasteiger partial charge in [-0.15, -0.1) is 11.8 Å². The average molecular weight is 280 g/mol. The molecule has 1 fully saturated rings. The maximum Gasteiger partial charge on any atom is 0.324 e. The van der Waals surface area contributed by atoms with Crippen LogP contribution in [0.4, 0.5) is 4.79 Å². The highest BCUT2D eigenvalue weighted by atomic mass is 32.2. The van der Waals surface area contributed by atoms with Crippen LogP contribution in [0.25, 0.3) is 0 Å². The quantitative estimate of drug-likeness (QED) is 0.853. The lowest BCUT2D eigenvalue weighted by Crippen LogP contribution is -2.38. The van der Waals surface area contributed by atoms with E-state index < -0.39 is 0 Å². The molecule has 2 rings (SSSR count). The van der Waals surface area contributed by atoms with Gasteiger partial charge in [0.15, 0.2) is 0 Å². The molecule has 0 aliphatic carbocycles. The van der Waals surface area contributed by atoms with Crippen LogP contribution in [0.3, 0.4) is 0 Å². The molecule has 5 nitrogen and oxygen atoms in total. The van der Waals surface area contributed by atoms with Gasteiger partial charge in [-0.05, 0) is 31.2 Å². The standard InChI is InChI=1S/C13H16N2O3S/c1-9(12(16)15-8-7-14-13(15)17)19-11-5-3-10(18-2)4-6-11/h3-6,9H,7-8H2,1-2H3,(H,14,17)/t9-/m1/s1. The van der Waals surface area contributed by atoms with Crippen molar-refractivity contribution in [3.63, 3.8) is 0 Å². The summed E-state index contributed by atoms with van der Waals surface area (Å²) < 4.78 is 5.08. The van der Waals surface area contributed by atoms with E-state index in [0.717, 1.165) is 10.6 Å². The molecule has 3 amide bonds. The Morgan fingerprint density at radius 3 is 2.63 bits per heavy atom. The van der Waals surface area contributed by atoms with E-state index in [9.17, 15) is 9.59 Å². The minimum absolute atomic E-state index is 0.157. The van der Waals surface area contributed by atoms with E-state index >= 15 is 0 Å². The number of methoxy groups -OCH3 is 1. The lowest BCUT2D eigenvalue weighted by atomic mass is 10.3. The maximum absolute atomic E-state index is 12.1. The number of rotatable bonds is 4. The van der Waals surface area contributed by atoms with E-state index in [1.165, 1.54) is 16.7 Å². The van der Waals surface area contributed by atoms with Crippen LogP contribution in [0.1, 0.15) is 6.92 Å². The van der Waals surface area contributed by atoms with Gasteiger partial charge < -0.3 is 10.1 Å². The van der Waals surface area contributed by atoms with Crippen molar-refractivity contribution in [3.8, 4) is 5.75 Å². The van der Waals surface area contributed by atoms with Crippen LogP contribution < -0.4 is 10.1 Å². The third-order valence-electron chi connectivity index (χ3n) is 2.84. The summed E-state index contributed by atoms with van der Waals surface area (Å²) in [4.78, 5) is 25.8. The van der Waals surface area contributed by atoms with Gasteiger partial charge in [-0.1, -0.05) is 0 Å². The maximum atomic E-state index is 12.1. The predicted molar refractivity (Wildman–Crippen MR) is 73.4 cm³/mol. The molecule has 1 saturated heterocycles. The number of carbonyl (C=O) groups excluding carboxylic acids is 2. The summed E-state index contributed by atoms with van der Waals surface area (Å²) >= 11 is 1.43. The molecule has 0 bridgehead atoms. The number of hydrogen-bond acceptors (Lipinski definition) is 4. The van der Waals surface area contributed by atoms with Crippen LogP contribution in [0, 0.1) is 0 Å². The highest BCUT2D eigenvalue weighted by molar-refractivity contribution is 8.00. The Labute approximate surface area is 116 Å². The van der Waals surface area contributed by atoms with Crippen molar-refractivity contribution in [1.29, 1.82) is 0 Å². The van der Waals surface area contributed by atoms with Gasteiger partial charge in [-0.2, -0.15) is 0 Å². The lowest BCUT2D eigenvalue weighted by molar-refractivity contribution is -0.126. The van der Waals surface area contributed by atoms with Gasteiger partial charge >= 0.3 is 6.03 Å². The van der Waals surface area contributed by atoms with Crippen molar-refractivity contribution in [2.75, 3.05) is 20.2 Å². The van der Waals surface area contributed by atoms with Crippen molar-refractivity contribution in [1.82, 2.24) is 10.2 Å². The van der Waals surface area contributed by atoms with Crippen LogP contribution in [0.2, 0.25) is 0 Å². The molecular formula is C13H16N2O3S. The minimum atomic E-state index is -0.299. The third-order valence-corrected chi connectivity index (χ3v) is 3.94. The van der Waals surface area contributed by atoms with Gasteiger partial charge in [0, 0.05) is 18.0 Å². The zero-order chi connectivity index (χ0) is 13.8. The number of hydrogen-bond donors (Lipinski definition) is 1. The number of nitrogens with zero attached hydrogens (tertiary/aromatic N) is 1. The summed E-state index contributed by atoms with van der Waals surface area (Å²) in [6.07, 6.45) is 0. The number of benzene rings is 1. The Balaban J connectivity index is 1.97. The van der Waals surface area contributed by atoms with Crippen LogP contribution in [-0.2, 0) is 4.79 Å². The second-order valence-electron chi connectivity index (χ2n) is 4.16. The van der Waals surface area contributed by atoms with Crippen molar-refractivity contribution < 1.29 is 14.3 Å². The fourth-order valence-corrected chi connectivity index (χ4v) is 2.74. The van der Waals surface area contributed by atoms with Gasteiger partial charge in [0.1, 0.15) is 5.75 Å². The van der Waals surface area contributed by atoms with Crippen LogP contribution >= 0.6 is 11.8 Å². The van der Waals surface area contributed by atoms with E-state index in [2.05, 4.69) is 5.32 Å². The smallest absolute Gasteiger partial charge is 0.324 e. The molecule has 1 heterocycles. The zero-order valence-corrected chi connectivity index (χ0v) is 11.7. The topological polar surface area (TPSA) is 58.6 Å². The van der Waals surface area contributed by atoms with Gasteiger partial charge in [0.05, 0.1) is 12.4 Å². The Morgan fingerprint density at radius 2 is 2.11 bits per heavy atom. The Bertz CT molecular complexity index is 475. The van der Waals surface area contributed by atoms with Crippen molar-refractivity contribution >= 4 is 23.7 Å². The normalized spacial score (nSPS) is 16.1. The number of thioether (sulfide) groups is 1. The number of ether oxygens (including phenoxy) is 1. The predicted octanol–water partition coefficient (Wildman–Crippen LogP) is 1.73. The van der Waals surface area contributed by atoms with E-state index in [0.29, 0.717) is 13.1 Å². The van der Waals surface area contributed by atoms with Crippen molar-refractivity contribution in [2.24, 2.45) is 0 Å². The molecule has 1 aliphatic rings. The summed E-state index contributed by atoms with van der Waals surface area (Å²) in [6, 6.07) is 7.20. The van der Waals surface area contributed by atoms with Gasteiger partial charge in [0.25, 0.3) is 0 Å². The number of urea groups is 1. The monoisotopic (exact) mass is 280 g/mol.